The largest absolute Gasteiger partial charge is 0.431 e. The van der Waals surface area contributed by atoms with Crippen LogP contribution in [-0.4, -0.2) is 23.7 Å². The Morgan fingerprint density at radius 1 is 1.80 bits per heavy atom. The first-order chi connectivity index (χ1) is 4.84. The summed E-state index contributed by atoms with van der Waals surface area (Å²) < 4.78 is 5.33. The number of aromatic nitrogens is 2. The summed E-state index contributed by atoms with van der Waals surface area (Å²) >= 11 is 0. The maximum atomic E-state index is 5.33. The van der Waals surface area contributed by atoms with E-state index >= 15 is 0 Å². The minimum Gasteiger partial charge on any atom is -0.431 e. The zero-order valence-electron chi connectivity index (χ0n) is 6.29. The van der Waals surface area contributed by atoms with Crippen LogP contribution in [0.15, 0.2) is 12.4 Å². The van der Waals surface area contributed by atoms with Crippen molar-refractivity contribution in [1.29, 1.82) is 0 Å². The van der Waals surface area contributed by atoms with E-state index in [2.05, 4.69) is 10.2 Å². The molecule has 0 aliphatic carbocycles. The van der Waals surface area contributed by atoms with Crippen LogP contribution in [0.25, 0.3) is 0 Å². The number of nitrogens with one attached hydrogen (secondary N) is 1. The van der Waals surface area contributed by atoms with Crippen LogP contribution in [-0.2, 0) is 4.65 Å². The van der Waals surface area contributed by atoms with Crippen LogP contribution in [0.5, 0.6) is 0 Å². The molecule has 1 aromatic heterocycles. The molecule has 0 aliphatic rings. The number of hydrogen-bond acceptors (Lipinski definition) is 2. The lowest BCUT2D eigenvalue weighted by Gasteiger charge is -2.02. The van der Waals surface area contributed by atoms with E-state index in [0.717, 1.165) is 12.1 Å². The molecule has 0 bridgehead atoms. The lowest BCUT2D eigenvalue weighted by Crippen LogP contribution is -2.28. The highest BCUT2D eigenvalue weighted by Crippen LogP contribution is 1.85. The molecule has 3 nitrogen and oxygen atoms in total. The van der Waals surface area contributed by atoms with Gasteiger partial charge in [-0.2, -0.15) is 5.10 Å². The summed E-state index contributed by atoms with van der Waals surface area (Å²) in [5, 5.41) is 6.56. The van der Waals surface area contributed by atoms with Gasteiger partial charge in [-0.05, 0) is 12.4 Å². The molecule has 10 heavy (non-hydrogen) atoms. The molecule has 0 fully saturated rings. The Hall–Kier alpha value is -0.765. The standard InChI is InChI=1S/C6H11BN2O/c1-3-10-7(2)6-4-8-9-5-6/h4-5H,3H2,1-2H3,(H,8,9). The van der Waals surface area contributed by atoms with Crippen molar-refractivity contribution in [1.82, 2.24) is 10.2 Å². The monoisotopic (exact) mass is 138 g/mol. The zero-order chi connectivity index (χ0) is 7.40. The van der Waals surface area contributed by atoms with Crippen LogP contribution in [0.2, 0.25) is 6.82 Å². The third-order valence-corrected chi connectivity index (χ3v) is 1.41. The van der Waals surface area contributed by atoms with Gasteiger partial charge in [-0.25, -0.2) is 0 Å². The van der Waals surface area contributed by atoms with Gasteiger partial charge in [0.05, 0.1) is 0 Å². The highest BCUT2D eigenvalue weighted by Gasteiger charge is 2.10. The van der Waals surface area contributed by atoms with Crippen LogP contribution >= 0.6 is 0 Å². The van der Waals surface area contributed by atoms with Gasteiger partial charge in [0, 0.05) is 19.0 Å². The second kappa shape index (κ2) is 3.41. The lowest BCUT2D eigenvalue weighted by atomic mass is 9.65. The van der Waals surface area contributed by atoms with Crippen LogP contribution < -0.4 is 5.46 Å². The Balaban J connectivity index is 2.50. The van der Waals surface area contributed by atoms with Gasteiger partial charge in [0.15, 0.2) is 0 Å². The minimum atomic E-state index is 0.156. The molecule has 0 radical (unpaired) electrons. The van der Waals surface area contributed by atoms with Crippen LogP contribution in [0.3, 0.4) is 0 Å². The highest BCUT2D eigenvalue weighted by molar-refractivity contribution is 6.65. The van der Waals surface area contributed by atoms with Crippen molar-refractivity contribution in [2.45, 2.75) is 13.7 Å². The summed E-state index contributed by atoms with van der Waals surface area (Å²) in [6.07, 6.45) is 3.63. The summed E-state index contributed by atoms with van der Waals surface area (Å²) in [5.74, 6) is 0. The number of hydrogen-bond donors (Lipinski definition) is 1. The first kappa shape index (κ1) is 7.34. The van der Waals surface area contributed by atoms with Crippen LogP contribution in [0.1, 0.15) is 6.92 Å². The van der Waals surface area contributed by atoms with Gasteiger partial charge >= 0.3 is 6.92 Å². The van der Waals surface area contributed by atoms with E-state index in [1.54, 1.807) is 6.20 Å². The quantitative estimate of drug-likeness (QED) is 0.609. The molecule has 0 spiro atoms. The predicted octanol–water partition coefficient (Wildman–Crippen LogP) is 0.274. The number of aromatic amines is 1. The summed E-state index contributed by atoms with van der Waals surface area (Å²) in [5.41, 5.74) is 1.10. The van der Waals surface area contributed by atoms with Crippen molar-refractivity contribution in [3.05, 3.63) is 12.4 Å². The van der Waals surface area contributed by atoms with Gasteiger partial charge in [-0.1, -0.05) is 6.82 Å². The smallest absolute Gasteiger partial charge is 0.326 e. The fraction of sp³-hybridized carbons (Fsp3) is 0.500. The molecule has 0 saturated heterocycles. The van der Waals surface area contributed by atoms with Gasteiger partial charge in [0.1, 0.15) is 0 Å². The average molecular weight is 138 g/mol. The Kier molecular flexibility index (Phi) is 2.51. The normalized spacial score (nSPS) is 9.80. The van der Waals surface area contributed by atoms with Crippen molar-refractivity contribution < 1.29 is 4.65 Å². The highest BCUT2D eigenvalue weighted by atomic mass is 16.4. The molecule has 0 unspecified atom stereocenters. The molecule has 0 aliphatic heterocycles. The molecule has 1 heterocycles. The van der Waals surface area contributed by atoms with E-state index in [1.165, 1.54) is 0 Å². The number of H-pyrrole nitrogens is 1. The minimum absolute atomic E-state index is 0.156. The zero-order valence-corrected chi connectivity index (χ0v) is 6.29. The fourth-order valence-electron chi connectivity index (χ4n) is 0.829. The molecule has 1 rings (SSSR count). The van der Waals surface area contributed by atoms with Gasteiger partial charge in [-0.15, -0.1) is 0 Å². The van der Waals surface area contributed by atoms with Crippen LogP contribution in [0.4, 0.5) is 0 Å². The topological polar surface area (TPSA) is 37.9 Å². The van der Waals surface area contributed by atoms with E-state index in [4.69, 9.17) is 4.65 Å². The molecular formula is C6H11BN2O. The van der Waals surface area contributed by atoms with Gasteiger partial charge in [0.25, 0.3) is 0 Å². The second-order valence-electron chi connectivity index (χ2n) is 2.13. The van der Waals surface area contributed by atoms with E-state index in [1.807, 2.05) is 19.9 Å². The molecule has 1 N–H and O–H groups in total. The second-order valence-corrected chi connectivity index (χ2v) is 2.13. The average Bonchev–Trinajstić information content (AvgIpc) is 2.38. The number of nitrogens with zero attached hydrogens (tertiary/aromatic N) is 1. The molecule has 1 aromatic rings. The van der Waals surface area contributed by atoms with Gasteiger partial charge < -0.3 is 4.65 Å². The Labute approximate surface area is 60.9 Å². The molecule has 54 valence electrons. The predicted molar refractivity (Wildman–Crippen MR) is 41.5 cm³/mol. The lowest BCUT2D eigenvalue weighted by molar-refractivity contribution is 0.354. The Morgan fingerprint density at radius 3 is 3.10 bits per heavy atom. The summed E-state index contributed by atoms with van der Waals surface area (Å²) in [6, 6.07) is 0. The van der Waals surface area contributed by atoms with Crippen molar-refractivity contribution in [2.24, 2.45) is 0 Å². The van der Waals surface area contributed by atoms with Crippen molar-refractivity contribution in [2.75, 3.05) is 6.61 Å². The summed E-state index contributed by atoms with van der Waals surface area (Å²) in [7, 11) is 0. The van der Waals surface area contributed by atoms with Crippen LogP contribution in [0, 0.1) is 0 Å². The first-order valence-electron chi connectivity index (χ1n) is 3.45. The van der Waals surface area contributed by atoms with E-state index in [0.29, 0.717) is 0 Å². The number of rotatable bonds is 3. The van der Waals surface area contributed by atoms with Gasteiger partial charge in [0.2, 0.25) is 0 Å². The SMILES string of the molecule is CCOB(C)c1cn[nH]c1. The molecule has 0 atom stereocenters. The van der Waals surface area contributed by atoms with Gasteiger partial charge in [-0.3, -0.25) is 5.10 Å². The van der Waals surface area contributed by atoms with E-state index < -0.39 is 0 Å². The Morgan fingerprint density at radius 2 is 2.60 bits per heavy atom. The third kappa shape index (κ3) is 1.61. The fourth-order valence-corrected chi connectivity index (χ4v) is 0.829. The third-order valence-electron chi connectivity index (χ3n) is 1.41. The maximum absolute atomic E-state index is 5.33. The Bertz CT molecular complexity index is 176. The van der Waals surface area contributed by atoms with E-state index in [9.17, 15) is 0 Å². The van der Waals surface area contributed by atoms with Crippen molar-refractivity contribution >= 4 is 12.4 Å². The molecule has 4 heteroatoms. The first-order valence-corrected chi connectivity index (χ1v) is 3.45. The maximum Gasteiger partial charge on any atom is 0.326 e. The molecule has 0 amide bonds. The molecular weight excluding hydrogens is 127 g/mol. The van der Waals surface area contributed by atoms with E-state index in [-0.39, 0.29) is 6.92 Å². The van der Waals surface area contributed by atoms with Crippen molar-refractivity contribution in [3.8, 4) is 0 Å². The molecule has 0 aromatic carbocycles. The summed E-state index contributed by atoms with van der Waals surface area (Å²) in [4.78, 5) is 0. The van der Waals surface area contributed by atoms with Crippen molar-refractivity contribution in [3.63, 3.8) is 0 Å². The molecule has 0 saturated carbocycles. The summed E-state index contributed by atoms with van der Waals surface area (Å²) in [6.45, 7) is 4.89.